The number of halogens is 3. The van der Waals surface area contributed by atoms with Crippen molar-refractivity contribution in [2.45, 2.75) is 6.54 Å². The summed E-state index contributed by atoms with van der Waals surface area (Å²) in [6.45, 7) is -0.263. The molecule has 0 radical (unpaired) electrons. The predicted octanol–water partition coefficient (Wildman–Crippen LogP) is 4.80. The quantitative estimate of drug-likeness (QED) is 0.442. The lowest BCUT2D eigenvalue weighted by Crippen LogP contribution is -2.24. The normalized spacial score (nSPS) is 10.8. The van der Waals surface area contributed by atoms with Crippen molar-refractivity contribution in [3.8, 4) is 0 Å². The molecule has 3 aromatic carbocycles. The van der Waals surface area contributed by atoms with E-state index >= 15 is 0 Å². The highest BCUT2D eigenvalue weighted by atomic mass is 35.5. The molecule has 0 aliphatic heterocycles. The third-order valence-corrected chi connectivity index (χ3v) is 5.09. The summed E-state index contributed by atoms with van der Waals surface area (Å²) in [5.74, 6) is -2.14. The molecule has 0 unspecified atom stereocenters. The van der Waals surface area contributed by atoms with Gasteiger partial charge in [0.15, 0.2) is 5.78 Å². The number of carbonyl (C=O) groups excluding carboxylic acids is 2. The molecule has 1 N–H and O–H groups in total. The van der Waals surface area contributed by atoms with E-state index in [1.165, 1.54) is 65.4 Å². The van der Waals surface area contributed by atoms with E-state index in [1.54, 1.807) is 0 Å². The van der Waals surface area contributed by atoms with Crippen LogP contribution in [0.4, 0.5) is 14.5 Å². The standard InChI is InChI=1S/C24H15ClF2N2O3/c25-15-3-1-14(2-4-15)23(31)20-12-29(21-10-7-17(27)11-19(21)24(20)32)13-22(30)28-18-8-5-16(26)6-9-18/h1-12H,13H2,(H,28,30). The number of ketones is 1. The van der Waals surface area contributed by atoms with Gasteiger partial charge in [-0.1, -0.05) is 11.6 Å². The zero-order valence-corrected chi connectivity index (χ0v) is 17.2. The first-order chi connectivity index (χ1) is 15.3. The van der Waals surface area contributed by atoms with Crippen molar-refractivity contribution in [3.63, 3.8) is 0 Å². The molecule has 4 aromatic rings. The molecule has 0 aliphatic rings. The number of aromatic nitrogens is 1. The van der Waals surface area contributed by atoms with Crippen LogP contribution in [-0.4, -0.2) is 16.3 Å². The molecule has 4 rings (SSSR count). The SMILES string of the molecule is O=C(Cn1cc(C(=O)c2ccc(Cl)cc2)c(=O)c2cc(F)ccc21)Nc1ccc(F)cc1. The molecule has 1 amide bonds. The van der Waals surface area contributed by atoms with E-state index in [-0.39, 0.29) is 23.1 Å². The van der Waals surface area contributed by atoms with Crippen LogP contribution in [0.1, 0.15) is 15.9 Å². The van der Waals surface area contributed by atoms with Gasteiger partial charge < -0.3 is 9.88 Å². The molecule has 0 bridgehead atoms. The van der Waals surface area contributed by atoms with Crippen LogP contribution in [0.25, 0.3) is 10.9 Å². The Hall–Kier alpha value is -3.84. The van der Waals surface area contributed by atoms with Gasteiger partial charge in [0.05, 0.1) is 11.1 Å². The zero-order valence-electron chi connectivity index (χ0n) is 16.4. The Morgan fingerprint density at radius 3 is 2.25 bits per heavy atom. The summed E-state index contributed by atoms with van der Waals surface area (Å²) in [6, 6.07) is 14.8. The van der Waals surface area contributed by atoms with E-state index < -0.39 is 28.8 Å². The highest BCUT2D eigenvalue weighted by molar-refractivity contribution is 6.30. The van der Waals surface area contributed by atoms with Gasteiger partial charge >= 0.3 is 0 Å². The predicted molar refractivity (Wildman–Crippen MR) is 118 cm³/mol. The second-order valence-corrected chi connectivity index (χ2v) is 7.49. The van der Waals surface area contributed by atoms with Crippen LogP contribution in [0, 0.1) is 11.6 Å². The van der Waals surface area contributed by atoms with E-state index in [0.29, 0.717) is 16.2 Å². The summed E-state index contributed by atoms with van der Waals surface area (Å²) < 4.78 is 28.4. The second kappa shape index (κ2) is 8.72. The molecule has 0 fully saturated rings. The second-order valence-electron chi connectivity index (χ2n) is 7.05. The molecule has 5 nitrogen and oxygen atoms in total. The van der Waals surface area contributed by atoms with E-state index in [0.717, 1.165) is 12.1 Å². The molecule has 0 spiro atoms. The van der Waals surface area contributed by atoms with Crippen LogP contribution in [-0.2, 0) is 11.3 Å². The van der Waals surface area contributed by atoms with E-state index in [4.69, 9.17) is 11.6 Å². The average molecular weight is 453 g/mol. The molecule has 0 saturated heterocycles. The van der Waals surface area contributed by atoms with Gasteiger partial charge in [-0.2, -0.15) is 0 Å². The number of hydrogen-bond donors (Lipinski definition) is 1. The highest BCUT2D eigenvalue weighted by Crippen LogP contribution is 2.18. The topological polar surface area (TPSA) is 68.2 Å². The molecule has 0 aliphatic carbocycles. The first-order valence-electron chi connectivity index (χ1n) is 9.50. The van der Waals surface area contributed by atoms with Gasteiger partial charge in [-0.05, 0) is 66.7 Å². The van der Waals surface area contributed by atoms with E-state index in [1.807, 2.05) is 0 Å². The number of pyridine rings is 1. The molecular formula is C24H15ClF2N2O3. The van der Waals surface area contributed by atoms with Gasteiger partial charge in [0.1, 0.15) is 18.2 Å². The maximum Gasteiger partial charge on any atom is 0.244 e. The number of nitrogens with zero attached hydrogens (tertiary/aromatic N) is 1. The lowest BCUT2D eigenvalue weighted by molar-refractivity contribution is -0.116. The maximum absolute atomic E-state index is 13.9. The zero-order chi connectivity index (χ0) is 22.8. The van der Waals surface area contributed by atoms with Crippen molar-refractivity contribution in [3.05, 3.63) is 111 Å². The van der Waals surface area contributed by atoms with Gasteiger partial charge in [0.25, 0.3) is 0 Å². The fraction of sp³-hybridized carbons (Fsp3) is 0.0417. The number of fused-ring (bicyclic) bond motifs is 1. The molecule has 0 atom stereocenters. The van der Waals surface area contributed by atoms with Crippen LogP contribution >= 0.6 is 11.6 Å². The summed E-state index contributed by atoms with van der Waals surface area (Å²) in [7, 11) is 0. The van der Waals surface area contributed by atoms with Crippen molar-refractivity contribution in [1.29, 1.82) is 0 Å². The third-order valence-electron chi connectivity index (χ3n) is 4.84. The third kappa shape index (κ3) is 4.43. The molecule has 1 aromatic heterocycles. The van der Waals surface area contributed by atoms with Crippen LogP contribution in [0.15, 0.2) is 77.7 Å². The number of rotatable bonds is 5. The summed E-state index contributed by atoms with van der Waals surface area (Å²) in [5.41, 5.74) is 0.0442. The molecule has 32 heavy (non-hydrogen) atoms. The summed E-state index contributed by atoms with van der Waals surface area (Å²) >= 11 is 5.86. The fourth-order valence-electron chi connectivity index (χ4n) is 3.31. The molecule has 8 heteroatoms. The minimum Gasteiger partial charge on any atom is -0.337 e. The van der Waals surface area contributed by atoms with E-state index in [2.05, 4.69) is 5.32 Å². The molecule has 0 saturated carbocycles. The Morgan fingerprint density at radius 2 is 1.56 bits per heavy atom. The van der Waals surface area contributed by atoms with Crippen molar-refractivity contribution in [2.75, 3.05) is 5.32 Å². The van der Waals surface area contributed by atoms with Gasteiger partial charge in [0, 0.05) is 27.9 Å². The molecular weight excluding hydrogens is 438 g/mol. The number of hydrogen-bond acceptors (Lipinski definition) is 3. The first-order valence-corrected chi connectivity index (χ1v) is 9.88. The van der Waals surface area contributed by atoms with Crippen LogP contribution in [0.2, 0.25) is 5.02 Å². The largest absolute Gasteiger partial charge is 0.337 e. The van der Waals surface area contributed by atoms with Gasteiger partial charge in [-0.25, -0.2) is 8.78 Å². The minimum absolute atomic E-state index is 0.0283. The average Bonchev–Trinajstić information content (AvgIpc) is 2.77. The number of carbonyl (C=O) groups is 2. The number of nitrogens with one attached hydrogen (secondary N) is 1. The Kier molecular flexibility index (Phi) is 5.83. The first kappa shape index (κ1) is 21.4. The molecule has 160 valence electrons. The van der Waals surface area contributed by atoms with Crippen molar-refractivity contribution < 1.29 is 18.4 Å². The van der Waals surface area contributed by atoms with Crippen molar-refractivity contribution in [1.82, 2.24) is 4.57 Å². The maximum atomic E-state index is 13.9. The summed E-state index contributed by atoms with van der Waals surface area (Å²) in [4.78, 5) is 38.5. The smallest absolute Gasteiger partial charge is 0.244 e. The monoisotopic (exact) mass is 452 g/mol. The van der Waals surface area contributed by atoms with Crippen molar-refractivity contribution >= 4 is 39.9 Å². The van der Waals surface area contributed by atoms with Gasteiger partial charge in [0.2, 0.25) is 11.3 Å². The lowest BCUT2D eigenvalue weighted by atomic mass is 10.0. The van der Waals surface area contributed by atoms with Crippen LogP contribution < -0.4 is 10.7 Å². The fourth-order valence-corrected chi connectivity index (χ4v) is 3.43. The number of benzene rings is 3. The Balaban J connectivity index is 1.75. The summed E-state index contributed by atoms with van der Waals surface area (Å²) in [6.07, 6.45) is 1.28. The van der Waals surface area contributed by atoms with Gasteiger partial charge in [-0.3, -0.25) is 14.4 Å². The minimum atomic E-state index is -0.645. The van der Waals surface area contributed by atoms with Gasteiger partial charge in [-0.15, -0.1) is 0 Å². The number of amides is 1. The molecule has 1 heterocycles. The van der Waals surface area contributed by atoms with Crippen LogP contribution in [0.5, 0.6) is 0 Å². The highest BCUT2D eigenvalue weighted by Gasteiger charge is 2.19. The summed E-state index contributed by atoms with van der Waals surface area (Å²) in [5, 5.41) is 3.02. The van der Waals surface area contributed by atoms with Crippen molar-refractivity contribution in [2.24, 2.45) is 0 Å². The van der Waals surface area contributed by atoms with Crippen LogP contribution in [0.3, 0.4) is 0 Å². The Morgan fingerprint density at radius 1 is 0.906 bits per heavy atom. The Bertz CT molecular complexity index is 1400. The number of anilines is 1. The Labute approximate surface area is 185 Å². The lowest BCUT2D eigenvalue weighted by Gasteiger charge is -2.14. The van der Waals surface area contributed by atoms with E-state index in [9.17, 15) is 23.2 Å².